The third-order valence-corrected chi connectivity index (χ3v) is 4.89. The molecule has 0 unspecified atom stereocenters. The Morgan fingerprint density at radius 3 is 1.90 bits per heavy atom. The van der Waals surface area contributed by atoms with Gasteiger partial charge in [-0.05, 0) is 67.3 Å². The van der Waals surface area contributed by atoms with Gasteiger partial charge in [0, 0.05) is 11.6 Å². The first-order valence-electron chi connectivity index (χ1n) is 10.7. The van der Waals surface area contributed by atoms with Crippen LogP contribution in [0.15, 0.2) is 36.4 Å². The number of carbonyl (C=O) groups excluding carboxylic acids is 1. The van der Waals surface area contributed by atoms with Crippen LogP contribution in [0, 0.1) is 0 Å². The summed E-state index contributed by atoms with van der Waals surface area (Å²) in [4.78, 5) is 12.0. The summed E-state index contributed by atoms with van der Waals surface area (Å²) in [5.41, 5.74) is 4.08. The first kappa shape index (κ1) is 24.0. The molecule has 0 fully saturated rings. The number of hydrogen-bond donors (Lipinski definition) is 0. The van der Waals surface area contributed by atoms with Gasteiger partial charge in [0.2, 0.25) is 0 Å². The Kier molecular flexibility index (Phi) is 6.76. The first-order chi connectivity index (χ1) is 13.6. The smallest absolute Gasteiger partial charge is 0.160 e. The standard InChI is InChI=1S/C27H38O3/c1-18(28)20-13-22(16-23(14-20)30-27(8,9)10)29-17-19-11-12-21(25(2,3)4)15-24(19)26(5,6)7/h11-16H,17H2,1-10H3. The van der Waals surface area contributed by atoms with E-state index in [0.29, 0.717) is 23.7 Å². The number of hydrogen-bond acceptors (Lipinski definition) is 3. The quantitative estimate of drug-likeness (QED) is 0.487. The normalized spacial score (nSPS) is 12.6. The van der Waals surface area contributed by atoms with Crippen molar-refractivity contribution in [1.82, 2.24) is 0 Å². The zero-order chi connectivity index (χ0) is 22.9. The van der Waals surface area contributed by atoms with E-state index in [1.54, 1.807) is 19.1 Å². The summed E-state index contributed by atoms with van der Waals surface area (Å²) in [5, 5.41) is 0. The molecule has 0 saturated carbocycles. The van der Waals surface area contributed by atoms with Gasteiger partial charge in [-0.25, -0.2) is 0 Å². The average molecular weight is 411 g/mol. The van der Waals surface area contributed by atoms with Gasteiger partial charge in [-0.15, -0.1) is 0 Å². The molecular weight excluding hydrogens is 372 g/mol. The summed E-state index contributed by atoms with van der Waals surface area (Å²) in [5.74, 6) is 1.27. The summed E-state index contributed by atoms with van der Waals surface area (Å²) in [7, 11) is 0. The second kappa shape index (κ2) is 8.45. The summed E-state index contributed by atoms with van der Waals surface area (Å²) in [6.45, 7) is 21.3. The van der Waals surface area contributed by atoms with E-state index in [0.717, 1.165) is 5.56 Å². The highest BCUT2D eigenvalue weighted by molar-refractivity contribution is 5.94. The first-order valence-corrected chi connectivity index (χ1v) is 10.7. The monoisotopic (exact) mass is 410 g/mol. The van der Waals surface area contributed by atoms with Crippen LogP contribution in [-0.4, -0.2) is 11.4 Å². The molecule has 0 saturated heterocycles. The van der Waals surface area contributed by atoms with Gasteiger partial charge in [0.25, 0.3) is 0 Å². The molecule has 0 aromatic heterocycles. The van der Waals surface area contributed by atoms with Crippen molar-refractivity contribution in [2.24, 2.45) is 0 Å². The number of Topliss-reactive ketones (excluding diaryl/α,β-unsaturated/α-hetero) is 1. The lowest BCUT2D eigenvalue weighted by molar-refractivity contribution is 0.101. The van der Waals surface area contributed by atoms with E-state index in [9.17, 15) is 4.79 Å². The van der Waals surface area contributed by atoms with E-state index >= 15 is 0 Å². The lowest BCUT2D eigenvalue weighted by Gasteiger charge is -2.27. The maximum absolute atomic E-state index is 12.0. The van der Waals surface area contributed by atoms with Gasteiger partial charge in [-0.3, -0.25) is 4.79 Å². The molecule has 0 aliphatic heterocycles. The van der Waals surface area contributed by atoms with E-state index in [1.165, 1.54) is 11.1 Å². The van der Waals surface area contributed by atoms with E-state index in [1.807, 2.05) is 26.8 Å². The Morgan fingerprint density at radius 1 is 0.800 bits per heavy atom. The maximum Gasteiger partial charge on any atom is 0.160 e. The molecule has 2 rings (SSSR count). The maximum atomic E-state index is 12.0. The number of rotatable bonds is 5. The second-order valence-electron chi connectivity index (χ2n) is 11.1. The van der Waals surface area contributed by atoms with E-state index in [-0.39, 0.29) is 22.2 Å². The zero-order valence-electron chi connectivity index (χ0n) is 20.4. The highest BCUT2D eigenvalue weighted by Gasteiger charge is 2.22. The Bertz CT molecular complexity index is 903. The topological polar surface area (TPSA) is 35.5 Å². The fourth-order valence-electron chi connectivity index (χ4n) is 3.30. The van der Waals surface area contributed by atoms with Gasteiger partial charge in [0.05, 0.1) is 0 Å². The minimum atomic E-state index is -0.352. The van der Waals surface area contributed by atoms with Gasteiger partial charge in [-0.1, -0.05) is 59.7 Å². The molecule has 0 radical (unpaired) electrons. The predicted molar refractivity (Wildman–Crippen MR) is 125 cm³/mol. The van der Waals surface area contributed by atoms with Crippen LogP contribution in [0.4, 0.5) is 0 Å². The molecule has 0 aliphatic rings. The Balaban J connectivity index is 2.37. The van der Waals surface area contributed by atoms with Crippen molar-refractivity contribution in [2.45, 2.75) is 92.3 Å². The minimum absolute atomic E-state index is 0.00168. The Morgan fingerprint density at radius 2 is 1.40 bits per heavy atom. The van der Waals surface area contributed by atoms with Crippen LogP contribution >= 0.6 is 0 Å². The van der Waals surface area contributed by atoms with Gasteiger partial charge in [0.15, 0.2) is 5.78 Å². The van der Waals surface area contributed by atoms with E-state index in [2.05, 4.69) is 59.7 Å². The van der Waals surface area contributed by atoms with Crippen molar-refractivity contribution in [3.63, 3.8) is 0 Å². The summed E-state index contributed by atoms with van der Waals surface area (Å²) in [6.07, 6.45) is 0. The van der Waals surface area contributed by atoms with Gasteiger partial charge in [-0.2, -0.15) is 0 Å². The summed E-state index contributed by atoms with van der Waals surface area (Å²) >= 11 is 0. The van der Waals surface area contributed by atoms with E-state index in [4.69, 9.17) is 9.47 Å². The number of ether oxygens (including phenoxy) is 2. The molecule has 0 spiro atoms. The molecule has 2 aromatic carbocycles. The fourth-order valence-corrected chi connectivity index (χ4v) is 3.30. The third kappa shape index (κ3) is 6.62. The molecule has 2 aromatic rings. The van der Waals surface area contributed by atoms with Crippen molar-refractivity contribution < 1.29 is 14.3 Å². The number of carbonyl (C=O) groups is 1. The van der Waals surface area contributed by atoms with Crippen molar-refractivity contribution in [3.05, 3.63) is 58.7 Å². The summed E-state index contributed by atoms with van der Waals surface area (Å²) < 4.78 is 12.2. The van der Waals surface area contributed by atoms with Crippen molar-refractivity contribution in [3.8, 4) is 11.5 Å². The highest BCUT2D eigenvalue weighted by atomic mass is 16.5. The molecule has 3 nitrogen and oxygen atoms in total. The van der Waals surface area contributed by atoms with Crippen LogP contribution in [0.5, 0.6) is 11.5 Å². The van der Waals surface area contributed by atoms with Crippen LogP contribution in [0.2, 0.25) is 0 Å². The molecule has 0 heterocycles. The van der Waals surface area contributed by atoms with Gasteiger partial charge < -0.3 is 9.47 Å². The predicted octanol–water partition coefficient (Wildman–Crippen LogP) is 7.24. The van der Waals surface area contributed by atoms with Crippen LogP contribution in [0.1, 0.15) is 96.3 Å². The minimum Gasteiger partial charge on any atom is -0.489 e. The van der Waals surface area contributed by atoms with Crippen molar-refractivity contribution in [2.75, 3.05) is 0 Å². The van der Waals surface area contributed by atoms with Crippen LogP contribution in [0.25, 0.3) is 0 Å². The Labute approximate surface area is 182 Å². The van der Waals surface area contributed by atoms with Gasteiger partial charge in [0.1, 0.15) is 23.7 Å². The molecule has 0 bridgehead atoms. The number of benzene rings is 2. The largest absolute Gasteiger partial charge is 0.489 e. The van der Waals surface area contributed by atoms with Crippen LogP contribution in [0.3, 0.4) is 0 Å². The SMILES string of the molecule is CC(=O)c1cc(OCc2ccc(C(C)(C)C)cc2C(C)(C)C)cc(OC(C)(C)C)c1. The van der Waals surface area contributed by atoms with Crippen molar-refractivity contribution >= 4 is 5.78 Å². The molecule has 164 valence electrons. The lowest BCUT2D eigenvalue weighted by atomic mass is 9.78. The highest BCUT2D eigenvalue weighted by Crippen LogP contribution is 2.33. The third-order valence-electron chi connectivity index (χ3n) is 4.89. The summed E-state index contributed by atoms with van der Waals surface area (Å²) in [6, 6.07) is 12.1. The molecule has 0 atom stereocenters. The Hall–Kier alpha value is -2.29. The second-order valence-corrected chi connectivity index (χ2v) is 11.1. The number of ketones is 1. The van der Waals surface area contributed by atoms with Gasteiger partial charge >= 0.3 is 0 Å². The molecule has 30 heavy (non-hydrogen) atoms. The van der Waals surface area contributed by atoms with Crippen LogP contribution < -0.4 is 9.47 Å². The molecular formula is C27H38O3. The molecule has 3 heteroatoms. The van der Waals surface area contributed by atoms with E-state index < -0.39 is 0 Å². The average Bonchev–Trinajstić information content (AvgIpc) is 2.56. The van der Waals surface area contributed by atoms with Crippen molar-refractivity contribution in [1.29, 1.82) is 0 Å². The zero-order valence-corrected chi connectivity index (χ0v) is 20.4. The molecule has 0 aliphatic carbocycles. The lowest BCUT2D eigenvalue weighted by Crippen LogP contribution is -2.23. The molecule has 0 amide bonds. The molecule has 0 N–H and O–H groups in total. The van der Waals surface area contributed by atoms with Crippen LogP contribution in [-0.2, 0) is 17.4 Å². The fraction of sp³-hybridized carbons (Fsp3) is 0.519.